The Labute approximate surface area is 121 Å². The summed E-state index contributed by atoms with van der Waals surface area (Å²) in [6.45, 7) is 0.385. The number of nitrogens with two attached hydrogens (primary N) is 1. The predicted molar refractivity (Wildman–Crippen MR) is 76.9 cm³/mol. The number of hydrogen-bond donors (Lipinski definition) is 1. The van der Waals surface area contributed by atoms with Crippen LogP contribution in [0.15, 0.2) is 22.7 Å². The van der Waals surface area contributed by atoms with Crippen molar-refractivity contribution < 1.29 is 4.74 Å². The van der Waals surface area contributed by atoms with Gasteiger partial charge in [-0.05, 0) is 34.1 Å². The molecule has 3 aromatic rings. The minimum absolute atomic E-state index is 0.385. The van der Waals surface area contributed by atoms with E-state index < -0.39 is 0 Å². The third-order valence-corrected chi connectivity index (χ3v) is 4.21. The zero-order valence-corrected chi connectivity index (χ0v) is 12.4. The largest absolute Gasteiger partial charge is 0.398 e. The van der Waals surface area contributed by atoms with Crippen molar-refractivity contribution in [1.82, 2.24) is 19.8 Å². The van der Waals surface area contributed by atoms with Crippen LogP contribution in [0.25, 0.3) is 15.5 Å². The van der Waals surface area contributed by atoms with Crippen molar-refractivity contribution in [3.05, 3.63) is 28.5 Å². The van der Waals surface area contributed by atoms with Crippen LogP contribution in [0, 0.1) is 0 Å². The summed E-state index contributed by atoms with van der Waals surface area (Å²) in [6.07, 6.45) is 0. The van der Waals surface area contributed by atoms with E-state index in [0.29, 0.717) is 18.1 Å². The Hall–Kier alpha value is -1.51. The first-order valence-corrected chi connectivity index (χ1v) is 7.05. The van der Waals surface area contributed by atoms with E-state index in [1.807, 2.05) is 18.2 Å². The second kappa shape index (κ2) is 4.87. The third-order valence-electron chi connectivity index (χ3n) is 2.58. The molecule has 1 aromatic carbocycles. The Morgan fingerprint density at radius 1 is 1.42 bits per heavy atom. The fourth-order valence-corrected chi connectivity index (χ4v) is 2.89. The minimum atomic E-state index is 0.385. The number of ether oxygens (including phenoxy) is 1. The number of nitrogen functional groups attached to an aromatic ring is 1. The fraction of sp³-hybridized carbons (Fsp3) is 0.182. The smallest absolute Gasteiger partial charge is 0.235 e. The summed E-state index contributed by atoms with van der Waals surface area (Å²) in [5, 5.41) is 13.5. The lowest BCUT2D eigenvalue weighted by Crippen LogP contribution is -1.97. The molecule has 0 spiro atoms. The van der Waals surface area contributed by atoms with E-state index in [-0.39, 0.29) is 0 Å². The van der Waals surface area contributed by atoms with E-state index in [9.17, 15) is 0 Å². The number of nitrogens with zero attached hydrogens (tertiary/aromatic N) is 4. The molecule has 0 atom stereocenters. The lowest BCUT2D eigenvalue weighted by molar-refractivity contribution is 0.176. The Morgan fingerprint density at radius 2 is 2.26 bits per heavy atom. The molecule has 8 heteroatoms. The van der Waals surface area contributed by atoms with Gasteiger partial charge in [0.15, 0.2) is 5.82 Å². The van der Waals surface area contributed by atoms with Crippen LogP contribution in [0.2, 0.25) is 0 Å². The molecule has 0 unspecified atom stereocenters. The Kier molecular flexibility index (Phi) is 3.21. The molecule has 2 aromatic heterocycles. The number of anilines is 1. The van der Waals surface area contributed by atoms with Gasteiger partial charge in [-0.25, -0.2) is 0 Å². The summed E-state index contributed by atoms with van der Waals surface area (Å²) >= 11 is 4.89. The topological polar surface area (TPSA) is 78.3 Å². The first kappa shape index (κ1) is 12.5. The number of fused-ring (bicyclic) bond motifs is 1. The highest BCUT2D eigenvalue weighted by Crippen LogP contribution is 2.30. The van der Waals surface area contributed by atoms with Gasteiger partial charge < -0.3 is 10.5 Å². The van der Waals surface area contributed by atoms with Gasteiger partial charge in [0.25, 0.3) is 0 Å². The standard InChI is InChI=1S/C11H10BrN5OS/c1-18-5-9-14-15-11-17(9)16-10(19-11)6-2-3-8(13)7(12)4-6/h2-4H,5,13H2,1H3. The SMILES string of the molecule is COCc1nnc2sc(-c3ccc(N)c(Br)c3)nn12. The Balaban J connectivity index is 2.07. The van der Waals surface area contributed by atoms with Gasteiger partial charge in [-0.2, -0.15) is 9.61 Å². The van der Waals surface area contributed by atoms with Crippen molar-refractivity contribution in [3.63, 3.8) is 0 Å². The van der Waals surface area contributed by atoms with Crippen molar-refractivity contribution in [2.75, 3.05) is 12.8 Å². The molecular weight excluding hydrogens is 330 g/mol. The molecule has 2 heterocycles. The molecule has 0 fully saturated rings. The van der Waals surface area contributed by atoms with E-state index >= 15 is 0 Å². The van der Waals surface area contributed by atoms with Crippen LogP contribution in [0.5, 0.6) is 0 Å². The highest BCUT2D eigenvalue weighted by molar-refractivity contribution is 9.10. The van der Waals surface area contributed by atoms with Crippen LogP contribution < -0.4 is 5.73 Å². The summed E-state index contributed by atoms with van der Waals surface area (Å²) in [7, 11) is 1.62. The zero-order valence-electron chi connectivity index (χ0n) is 10.00. The quantitative estimate of drug-likeness (QED) is 0.741. The molecule has 2 N–H and O–H groups in total. The number of benzene rings is 1. The van der Waals surface area contributed by atoms with Crippen molar-refractivity contribution in [3.8, 4) is 10.6 Å². The normalized spacial score (nSPS) is 11.3. The van der Waals surface area contributed by atoms with Crippen molar-refractivity contribution in [1.29, 1.82) is 0 Å². The number of rotatable bonds is 3. The minimum Gasteiger partial charge on any atom is -0.398 e. The van der Waals surface area contributed by atoms with Crippen LogP contribution >= 0.6 is 27.3 Å². The lowest BCUT2D eigenvalue weighted by atomic mass is 10.2. The summed E-state index contributed by atoms with van der Waals surface area (Å²) in [6, 6.07) is 5.72. The van der Waals surface area contributed by atoms with Crippen molar-refractivity contribution >= 4 is 37.9 Å². The summed E-state index contributed by atoms with van der Waals surface area (Å²) in [5.41, 5.74) is 7.46. The maximum absolute atomic E-state index is 5.78. The van der Waals surface area contributed by atoms with Gasteiger partial charge in [-0.15, -0.1) is 10.2 Å². The van der Waals surface area contributed by atoms with Gasteiger partial charge in [0, 0.05) is 22.8 Å². The average Bonchev–Trinajstić information content (AvgIpc) is 2.95. The van der Waals surface area contributed by atoms with E-state index in [0.717, 1.165) is 20.0 Å². The number of hydrogen-bond acceptors (Lipinski definition) is 6. The van der Waals surface area contributed by atoms with Crippen LogP contribution in [0.3, 0.4) is 0 Å². The van der Waals surface area contributed by atoms with E-state index in [2.05, 4.69) is 31.2 Å². The van der Waals surface area contributed by atoms with Crippen LogP contribution in [-0.4, -0.2) is 26.9 Å². The van der Waals surface area contributed by atoms with Crippen LogP contribution in [-0.2, 0) is 11.3 Å². The first-order chi connectivity index (χ1) is 9.19. The van der Waals surface area contributed by atoms with E-state index in [4.69, 9.17) is 10.5 Å². The van der Waals surface area contributed by atoms with Gasteiger partial charge in [0.2, 0.25) is 4.96 Å². The number of aromatic nitrogens is 4. The maximum Gasteiger partial charge on any atom is 0.235 e. The van der Waals surface area contributed by atoms with Gasteiger partial charge in [-0.3, -0.25) is 0 Å². The third kappa shape index (κ3) is 2.22. The first-order valence-electron chi connectivity index (χ1n) is 5.44. The molecule has 0 aliphatic carbocycles. The highest BCUT2D eigenvalue weighted by atomic mass is 79.9. The molecule has 98 valence electrons. The molecular formula is C11H10BrN5OS. The van der Waals surface area contributed by atoms with E-state index in [1.165, 1.54) is 11.3 Å². The number of halogens is 1. The van der Waals surface area contributed by atoms with Gasteiger partial charge in [0.05, 0.1) is 0 Å². The van der Waals surface area contributed by atoms with Crippen LogP contribution in [0.1, 0.15) is 5.82 Å². The molecule has 19 heavy (non-hydrogen) atoms. The van der Waals surface area contributed by atoms with Crippen molar-refractivity contribution in [2.24, 2.45) is 0 Å². The second-order valence-corrected chi connectivity index (χ2v) is 5.70. The molecule has 0 saturated heterocycles. The number of methoxy groups -OCH3 is 1. The van der Waals surface area contributed by atoms with Crippen molar-refractivity contribution in [2.45, 2.75) is 6.61 Å². The molecule has 0 amide bonds. The molecule has 0 radical (unpaired) electrons. The summed E-state index contributed by atoms with van der Waals surface area (Å²) in [4.78, 5) is 0.745. The molecule has 0 saturated carbocycles. The average molecular weight is 340 g/mol. The highest BCUT2D eigenvalue weighted by Gasteiger charge is 2.13. The monoisotopic (exact) mass is 339 g/mol. The van der Waals surface area contributed by atoms with Gasteiger partial charge >= 0.3 is 0 Å². The maximum atomic E-state index is 5.78. The summed E-state index contributed by atoms with van der Waals surface area (Å²) in [5.74, 6) is 0.689. The zero-order chi connectivity index (χ0) is 13.4. The molecule has 3 rings (SSSR count). The van der Waals surface area contributed by atoms with Gasteiger partial charge in [-0.1, -0.05) is 11.3 Å². The molecule has 0 aliphatic heterocycles. The molecule has 0 aliphatic rings. The predicted octanol–water partition coefficient (Wildman–Crippen LogP) is 2.34. The van der Waals surface area contributed by atoms with Crippen LogP contribution in [0.4, 0.5) is 5.69 Å². The van der Waals surface area contributed by atoms with Gasteiger partial charge in [0.1, 0.15) is 11.6 Å². The Bertz CT molecular complexity index is 738. The molecule has 6 nitrogen and oxygen atoms in total. The lowest BCUT2D eigenvalue weighted by Gasteiger charge is -2.00. The fourth-order valence-electron chi connectivity index (χ4n) is 1.65. The molecule has 0 bridgehead atoms. The Morgan fingerprint density at radius 3 is 3.00 bits per heavy atom. The van der Waals surface area contributed by atoms with E-state index in [1.54, 1.807) is 11.6 Å². The second-order valence-electron chi connectivity index (χ2n) is 3.89. The summed E-state index contributed by atoms with van der Waals surface area (Å²) < 4.78 is 7.62.